The lowest BCUT2D eigenvalue weighted by molar-refractivity contribution is -0.0120. The summed E-state index contributed by atoms with van der Waals surface area (Å²) in [6.07, 6.45) is 1.73. The summed E-state index contributed by atoms with van der Waals surface area (Å²) in [5, 5.41) is 0.185. The number of rotatable bonds is 6. The molecule has 0 saturated carbocycles. The van der Waals surface area contributed by atoms with Crippen molar-refractivity contribution in [1.82, 2.24) is 14.9 Å². The summed E-state index contributed by atoms with van der Waals surface area (Å²) in [5.74, 6) is 0. The second kappa shape index (κ2) is 7.90. The van der Waals surface area contributed by atoms with Gasteiger partial charge in [-0.15, -0.1) is 0 Å². The average molecular weight is 354 g/mol. The van der Waals surface area contributed by atoms with E-state index in [-0.39, 0.29) is 11.1 Å². The summed E-state index contributed by atoms with van der Waals surface area (Å²) < 4.78 is 17.5. The van der Waals surface area contributed by atoms with Gasteiger partial charge in [0.2, 0.25) is 0 Å². The molecule has 1 aliphatic heterocycles. The fourth-order valence-corrected chi connectivity index (χ4v) is 3.02. The minimum atomic E-state index is -1.78. The van der Waals surface area contributed by atoms with Crippen molar-refractivity contribution in [3.8, 4) is 6.01 Å². The van der Waals surface area contributed by atoms with Crippen molar-refractivity contribution in [2.45, 2.75) is 51.6 Å². The maximum absolute atomic E-state index is 6.21. The molecule has 136 valence electrons. The largest absolute Gasteiger partial charge is 0.462 e. The van der Waals surface area contributed by atoms with Crippen LogP contribution in [-0.4, -0.2) is 62.6 Å². The van der Waals surface area contributed by atoms with E-state index in [4.69, 9.17) is 13.9 Å². The Morgan fingerprint density at radius 3 is 2.79 bits per heavy atom. The highest BCUT2D eigenvalue weighted by molar-refractivity contribution is 6.74. The zero-order valence-electron chi connectivity index (χ0n) is 15.8. The van der Waals surface area contributed by atoms with E-state index in [0.29, 0.717) is 25.8 Å². The summed E-state index contributed by atoms with van der Waals surface area (Å²) in [4.78, 5) is 10.9. The molecule has 7 heteroatoms. The number of aromatic nitrogens is 2. The molecule has 0 aliphatic carbocycles. The van der Waals surface area contributed by atoms with E-state index in [9.17, 15) is 0 Å². The third-order valence-electron chi connectivity index (χ3n) is 5.00. The Labute approximate surface area is 146 Å². The van der Waals surface area contributed by atoms with Crippen LogP contribution in [0, 0.1) is 0 Å². The van der Waals surface area contributed by atoms with E-state index in [2.05, 4.69) is 55.8 Å². The van der Waals surface area contributed by atoms with Crippen LogP contribution in [0.2, 0.25) is 18.1 Å². The first-order valence-electron chi connectivity index (χ1n) is 8.56. The highest BCUT2D eigenvalue weighted by atomic mass is 28.4. The van der Waals surface area contributed by atoms with Crippen molar-refractivity contribution in [3.63, 3.8) is 0 Å². The lowest BCUT2D eigenvalue weighted by Gasteiger charge is -2.36. The van der Waals surface area contributed by atoms with Crippen molar-refractivity contribution in [1.29, 1.82) is 0 Å². The number of hydrogen-bond donors (Lipinski definition) is 0. The molecule has 1 aromatic rings. The van der Waals surface area contributed by atoms with Gasteiger partial charge in [0.25, 0.3) is 0 Å². The van der Waals surface area contributed by atoms with E-state index in [1.807, 2.05) is 6.07 Å². The van der Waals surface area contributed by atoms with E-state index >= 15 is 0 Å². The van der Waals surface area contributed by atoms with Gasteiger partial charge in [-0.3, -0.25) is 4.90 Å². The number of nitrogens with zero attached hydrogens (tertiary/aromatic N) is 3. The van der Waals surface area contributed by atoms with Gasteiger partial charge in [-0.2, -0.15) is 4.98 Å². The van der Waals surface area contributed by atoms with Crippen LogP contribution in [0.3, 0.4) is 0 Å². The molecule has 2 heterocycles. The van der Waals surface area contributed by atoms with Crippen LogP contribution in [0.25, 0.3) is 0 Å². The lowest BCUT2D eigenvalue weighted by atomic mass is 10.2. The smallest absolute Gasteiger partial charge is 0.316 e. The number of hydrogen-bond acceptors (Lipinski definition) is 6. The number of morpholine rings is 1. The van der Waals surface area contributed by atoms with Crippen LogP contribution in [0.15, 0.2) is 12.3 Å². The molecule has 0 aromatic carbocycles. The SMILES string of the molecule is CN1CCOCC1COc1nccc(CO[Si](C)(C)C(C)(C)C)n1. The Kier molecular flexibility index (Phi) is 6.36. The second-order valence-electron chi connectivity index (χ2n) is 7.90. The van der Waals surface area contributed by atoms with Crippen LogP contribution >= 0.6 is 0 Å². The molecule has 1 aromatic heterocycles. The molecular weight excluding hydrogens is 322 g/mol. The minimum Gasteiger partial charge on any atom is -0.462 e. The van der Waals surface area contributed by atoms with Crippen LogP contribution in [-0.2, 0) is 15.8 Å². The first-order chi connectivity index (χ1) is 11.2. The summed E-state index contributed by atoms with van der Waals surface area (Å²) in [6.45, 7) is 14.6. The first kappa shape index (κ1) is 19.3. The predicted octanol–water partition coefficient (Wildman–Crippen LogP) is 2.71. The standard InChI is InChI=1S/C17H31N3O3Si/c1-17(2,3)24(5,6)23-11-14-7-8-18-16(19-14)22-13-15-12-21-10-9-20(15)4/h7-8,15H,9-13H2,1-6H3. The third-order valence-corrected chi connectivity index (χ3v) is 9.48. The predicted molar refractivity (Wildman–Crippen MR) is 96.8 cm³/mol. The fraction of sp³-hybridized carbons (Fsp3) is 0.765. The van der Waals surface area contributed by atoms with Crippen LogP contribution in [0.5, 0.6) is 6.01 Å². The summed E-state index contributed by atoms with van der Waals surface area (Å²) in [7, 11) is 0.300. The molecule has 2 rings (SSSR count). The van der Waals surface area contributed by atoms with Crippen LogP contribution < -0.4 is 4.74 Å². The molecule has 0 bridgehead atoms. The van der Waals surface area contributed by atoms with Gasteiger partial charge in [-0.05, 0) is 31.2 Å². The first-order valence-corrected chi connectivity index (χ1v) is 11.5. The monoisotopic (exact) mass is 353 g/mol. The van der Waals surface area contributed by atoms with Crippen molar-refractivity contribution < 1.29 is 13.9 Å². The molecule has 0 amide bonds. The second-order valence-corrected chi connectivity index (χ2v) is 12.7. The Hall–Kier alpha value is -1.02. The van der Waals surface area contributed by atoms with E-state index in [1.54, 1.807) is 6.20 Å². The molecule has 1 saturated heterocycles. The van der Waals surface area contributed by atoms with Crippen molar-refractivity contribution in [2.24, 2.45) is 0 Å². The fourth-order valence-electron chi connectivity index (χ4n) is 2.08. The Balaban J connectivity index is 1.89. The molecule has 1 aliphatic rings. The van der Waals surface area contributed by atoms with Gasteiger partial charge in [-0.25, -0.2) is 4.98 Å². The van der Waals surface area contributed by atoms with Crippen molar-refractivity contribution >= 4 is 8.32 Å². The highest BCUT2D eigenvalue weighted by Crippen LogP contribution is 2.36. The molecule has 0 radical (unpaired) electrons. The highest BCUT2D eigenvalue weighted by Gasteiger charge is 2.37. The van der Waals surface area contributed by atoms with Gasteiger partial charge in [0.15, 0.2) is 8.32 Å². The zero-order valence-corrected chi connectivity index (χ0v) is 16.8. The maximum atomic E-state index is 6.21. The Bertz CT molecular complexity index is 534. The van der Waals surface area contributed by atoms with Gasteiger partial charge >= 0.3 is 6.01 Å². The normalized spacial score (nSPS) is 20.2. The molecule has 1 atom stereocenters. The topological polar surface area (TPSA) is 56.7 Å². The lowest BCUT2D eigenvalue weighted by Crippen LogP contribution is -2.46. The van der Waals surface area contributed by atoms with Crippen LogP contribution in [0.4, 0.5) is 0 Å². The van der Waals surface area contributed by atoms with Crippen LogP contribution in [0.1, 0.15) is 26.5 Å². The molecule has 24 heavy (non-hydrogen) atoms. The minimum absolute atomic E-state index is 0.185. The van der Waals surface area contributed by atoms with E-state index in [0.717, 1.165) is 18.8 Å². The average Bonchev–Trinajstić information content (AvgIpc) is 2.52. The molecule has 0 N–H and O–H groups in total. The van der Waals surface area contributed by atoms with Crippen molar-refractivity contribution in [2.75, 3.05) is 33.4 Å². The summed E-state index contributed by atoms with van der Waals surface area (Å²) >= 11 is 0. The van der Waals surface area contributed by atoms with Gasteiger partial charge in [0, 0.05) is 12.7 Å². The quantitative estimate of drug-likeness (QED) is 0.733. The summed E-state index contributed by atoms with van der Waals surface area (Å²) in [5.41, 5.74) is 0.859. The molecule has 0 spiro atoms. The molecule has 1 fully saturated rings. The molecule has 6 nitrogen and oxygen atoms in total. The third kappa shape index (κ3) is 5.24. The van der Waals surface area contributed by atoms with E-state index in [1.165, 1.54) is 0 Å². The van der Waals surface area contributed by atoms with Gasteiger partial charge in [0.1, 0.15) is 6.61 Å². The molecular formula is C17H31N3O3Si. The Morgan fingerprint density at radius 2 is 2.12 bits per heavy atom. The summed E-state index contributed by atoms with van der Waals surface area (Å²) in [6, 6.07) is 2.54. The number of likely N-dealkylation sites (N-methyl/N-ethyl adjacent to an activating group) is 1. The maximum Gasteiger partial charge on any atom is 0.316 e. The number of ether oxygens (including phenoxy) is 2. The molecule has 1 unspecified atom stereocenters. The van der Waals surface area contributed by atoms with Crippen molar-refractivity contribution in [3.05, 3.63) is 18.0 Å². The van der Waals surface area contributed by atoms with Gasteiger partial charge in [-0.1, -0.05) is 20.8 Å². The Morgan fingerprint density at radius 1 is 1.38 bits per heavy atom. The van der Waals surface area contributed by atoms with Gasteiger partial charge in [0.05, 0.1) is 31.6 Å². The zero-order chi connectivity index (χ0) is 17.8. The van der Waals surface area contributed by atoms with E-state index < -0.39 is 8.32 Å². The van der Waals surface area contributed by atoms with Gasteiger partial charge < -0.3 is 13.9 Å².